The van der Waals surface area contributed by atoms with E-state index < -0.39 is 0 Å². The molecule has 0 spiro atoms. The molecule has 136 valence electrons. The highest BCUT2D eigenvalue weighted by atomic mass is 127. The standard InChI is InChI=1S/C17H28N4O2.HI/c1-21-8-6-13(7-9-21)11-19-17(18)20-12-14-4-5-15(22-2)16(10-14)23-3;/h4-5,10,13H,6-9,11-12H2,1-3H3,(H3,18,19,20);1H. The quantitative estimate of drug-likeness (QED) is 0.396. The van der Waals surface area contributed by atoms with Crippen molar-refractivity contribution in [2.24, 2.45) is 16.6 Å². The van der Waals surface area contributed by atoms with E-state index in [2.05, 4.69) is 22.3 Å². The molecule has 0 saturated carbocycles. The zero-order valence-electron chi connectivity index (χ0n) is 14.7. The van der Waals surface area contributed by atoms with Crippen molar-refractivity contribution in [3.63, 3.8) is 0 Å². The Balaban J connectivity index is 0.00000288. The highest BCUT2D eigenvalue weighted by molar-refractivity contribution is 14.0. The molecule has 1 aromatic rings. The van der Waals surface area contributed by atoms with Crippen LogP contribution in [0.25, 0.3) is 0 Å². The third kappa shape index (κ3) is 6.35. The first-order chi connectivity index (χ1) is 11.1. The molecular formula is C17H29IN4O2. The predicted octanol–water partition coefficient (Wildman–Crippen LogP) is 2.07. The second-order valence-electron chi connectivity index (χ2n) is 6.02. The second-order valence-corrected chi connectivity index (χ2v) is 6.02. The van der Waals surface area contributed by atoms with Crippen LogP contribution in [0.5, 0.6) is 11.5 Å². The number of piperidine rings is 1. The normalized spacial score (nSPS) is 16.4. The van der Waals surface area contributed by atoms with Gasteiger partial charge in [0.1, 0.15) is 0 Å². The van der Waals surface area contributed by atoms with Gasteiger partial charge in [0.2, 0.25) is 0 Å². The molecule has 1 aliphatic rings. The minimum atomic E-state index is 0. The number of nitrogens with zero attached hydrogens (tertiary/aromatic N) is 2. The third-order valence-corrected chi connectivity index (χ3v) is 4.29. The number of nitrogens with one attached hydrogen (secondary N) is 1. The SMILES string of the molecule is COc1ccc(CN=C(N)NCC2CCN(C)CC2)cc1OC.I. The van der Waals surface area contributed by atoms with E-state index in [1.807, 2.05) is 18.2 Å². The van der Waals surface area contributed by atoms with Crippen LogP contribution in [0, 0.1) is 5.92 Å². The molecule has 0 amide bonds. The molecule has 0 atom stereocenters. The molecule has 1 heterocycles. The van der Waals surface area contributed by atoms with Crippen molar-refractivity contribution in [1.82, 2.24) is 10.2 Å². The third-order valence-electron chi connectivity index (χ3n) is 4.29. The molecule has 0 aliphatic carbocycles. The van der Waals surface area contributed by atoms with Gasteiger partial charge in [0.15, 0.2) is 17.5 Å². The molecule has 1 aromatic carbocycles. The van der Waals surface area contributed by atoms with Crippen molar-refractivity contribution in [3.8, 4) is 11.5 Å². The van der Waals surface area contributed by atoms with Gasteiger partial charge in [0, 0.05) is 6.54 Å². The molecule has 0 unspecified atom stereocenters. The van der Waals surface area contributed by atoms with E-state index in [1.165, 1.54) is 12.8 Å². The van der Waals surface area contributed by atoms with E-state index in [-0.39, 0.29) is 24.0 Å². The van der Waals surface area contributed by atoms with E-state index in [1.54, 1.807) is 14.2 Å². The summed E-state index contributed by atoms with van der Waals surface area (Å²) in [4.78, 5) is 6.77. The molecule has 0 radical (unpaired) electrons. The van der Waals surface area contributed by atoms with Crippen LogP contribution in [0.3, 0.4) is 0 Å². The predicted molar refractivity (Wildman–Crippen MR) is 109 cm³/mol. The van der Waals surface area contributed by atoms with Crippen LogP contribution in [0.4, 0.5) is 0 Å². The summed E-state index contributed by atoms with van der Waals surface area (Å²) < 4.78 is 10.5. The summed E-state index contributed by atoms with van der Waals surface area (Å²) >= 11 is 0. The Bertz CT molecular complexity index is 531. The number of hydrogen-bond acceptors (Lipinski definition) is 4. The molecule has 3 N–H and O–H groups in total. The van der Waals surface area contributed by atoms with Crippen molar-refractivity contribution in [3.05, 3.63) is 23.8 Å². The summed E-state index contributed by atoms with van der Waals surface area (Å²) in [6.07, 6.45) is 2.43. The summed E-state index contributed by atoms with van der Waals surface area (Å²) in [5.74, 6) is 2.60. The van der Waals surface area contributed by atoms with E-state index in [0.29, 0.717) is 29.9 Å². The fourth-order valence-electron chi connectivity index (χ4n) is 2.73. The average molecular weight is 448 g/mol. The lowest BCUT2D eigenvalue weighted by molar-refractivity contribution is 0.220. The van der Waals surface area contributed by atoms with Crippen molar-refractivity contribution in [1.29, 1.82) is 0 Å². The van der Waals surface area contributed by atoms with Gasteiger partial charge in [-0.3, -0.25) is 0 Å². The molecule has 0 aromatic heterocycles. The molecular weight excluding hydrogens is 419 g/mol. The highest BCUT2D eigenvalue weighted by Gasteiger charge is 2.16. The monoisotopic (exact) mass is 448 g/mol. The van der Waals surface area contributed by atoms with Crippen molar-refractivity contribution >= 4 is 29.9 Å². The first-order valence-electron chi connectivity index (χ1n) is 8.05. The van der Waals surface area contributed by atoms with Gasteiger partial charge < -0.3 is 25.4 Å². The van der Waals surface area contributed by atoms with Gasteiger partial charge in [-0.25, -0.2) is 4.99 Å². The average Bonchev–Trinajstić information content (AvgIpc) is 2.59. The van der Waals surface area contributed by atoms with E-state index in [9.17, 15) is 0 Å². The van der Waals surface area contributed by atoms with Gasteiger partial charge in [0.25, 0.3) is 0 Å². The van der Waals surface area contributed by atoms with E-state index >= 15 is 0 Å². The fourth-order valence-corrected chi connectivity index (χ4v) is 2.73. The van der Waals surface area contributed by atoms with Crippen LogP contribution < -0.4 is 20.5 Å². The summed E-state index contributed by atoms with van der Waals surface area (Å²) in [6.45, 7) is 3.74. The van der Waals surface area contributed by atoms with Gasteiger partial charge in [0.05, 0.1) is 20.8 Å². The topological polar surface area (TPSA) is 72.1 Å². The number of halogens is 1. The lowest BCUT2D eigenvalue weighted by Gasteiger charge is -2.29. The summed E-state index contributed by atoms with van der Waals surface area (Å²) in [5, 5.41) is 3.24. The number of likely N-dealkylation sites (tertiary alicyclic amines) is 1. The number of benzene rings is 1. The van der Waals surface area contributed by atoms with Gasteiger partial charge in [-0.1, -0.05) is 6.07 Å². The second kappa shape index (κ2) is 10.6. The van der Waals surface area contributed by atoms with Crippen LogP contribution in [0.1, 0.15) is 18.4 Å². The number of guanidine groups is 1. The Kier molecular flexibility index (Phi) is 9.20. The largest absolute Gasteiger partial charge is 0.493 e. The minimum absolute atomic E-state index is 0. The maximum atomic E-state index is 5.97. The fraction of sp³-hybridized carbons (Fsp3) is 0.588. The number of aliphatic imine (C=N–C) groups is 1. The number of ether oxygens (including phenoxy) is 2. The molecule has 2 rings (SSSR count). The Morgan fingerprint density at radius 2 is 1.92 bits per heavy atom. The minimum Gasteiger partial charge on any atom is -0.493 e. The van der Waals surface area contributed by atoms with Crippen LogP contribution in [-0.2, 0) is 6.54 Å². The zero-order chi connectivity index (χ0) is 16.7. The Labute approximate surface area is 161 Å². The maximum Gasteiger partial charge on any atom is 0.188 e. The number of hydrogen-bond donors (Lipinski definition) is 2. The summed E-state index contributed by atoms with van der Waals surface area (Å²) in [5.41, 5.74) is 7.00. The van der Waals surface area contributed by atoms with Crippen molar-refractivity contribution < 1.29 is 9.47 Å². The van der Waals surface area contributed by atoms with Crippen molar-refractivity contribution in [2.45, 2.75) is 19.4 Å². The van der Waals surface area contributed by atoms with Gasteiger partial charge in [-0.15, -0.1) is 24.0 Å². The van der Waals surface area contributed by atoms with Crippen molar-refractivity contribution in [2.75, 3.05) is 40.9 Å². The molecule has 1 saturated heterocycles. The zero-order valence-corrected chi connectivity index (χ0v) is 17.1. The van der Waals surface area contributed by atoms with Crippen LogP contribution in [0.15, 0.2) is 23.2 Å². The molecule has 7 heteroatoms. The van der Waals surface area contributed by atoms with Gasteiger partial charge in [-0.2, -0.15) is 0 Å². The first-order valence-corrected chi connectivity index (χ1v) is 8.05. The Morgan fingerprint density at radius 3 is 2.54 bits per heavy atom. The lowest BCUT2D eigenvalue weighted by atomic mass is 9.97. The van der Waals surface area contributed by atoms with Crippen LogP contribution in [0.2, 0.25) is 0 Å². The lowest BCUT2D eigenvalue weighted by Crippen LogP contribution is -2.39. The smallest absolute Gasteiger partial charge is 0.188 e. The molecule has 6 nitrogen and oxygen atoms in total. The summed E-state index contributed by atoms with van der Waals surface area (Å²) in [6, 6.07) is 5.77. The number of rotatable bonds is 6. The maximum absolute atomic E-state index is 5.97. The highest BCUT2D eigenvalue weighted by Crippen LogP contribution is 2.27. The van der Waals surface area contributed by atoms with E-state index in [4.69, 9.17) is 15.2 Å². The Morgan fingerprint density at radius 1 is 1.25 bits per heavy atom. The van der Waals surface area contributed by atoms with Gasteiger partial charge in [-0.05, 0) is 56.6 Å². The summed E-state index contributed by atoms with van der Waals surface area (Å²) in [7, 11) is 5.42. The van der Waals surface area contributed by atoms with Gasteiger partial charge >= 0.3 is 0 Å². The Hall–Kier alpha value is -1.22. The van der Waals surface area contributed by atoms with E-state index in [0.717, 1.165) is 25.2 Å². The van der Waals surface area contributed by atoms with Crippen LogP contribution >= 0.6 is 24.0 Å². The first kappa shape index (κ1) is 20.8. The molecule has 0 bridgehead atoms. The molecule has 24 heavy (non-hydrogen) atoms. The molecule has 1 aliphatic heterocycles. The number of nitrogens with two attached hydrogens (primary N) is 1. The van der Waals surface area contributed by atoms with Crippen LogP contribution in [-0.4, -0.2) is 51.8 Å². The number of methoxy groups -OCH3 is 2. The molecule has 1 fully saturated rings.